The predicted molar refractivity (Wildman–Crippen MR) is 79.8 cm³/mol. The van der Waals surface area contributed by atoms with E-state index in [4.69, 9.17) is 10.6 Å². The fourth-order valence-electron chi connectivity index (χ4n) is 1.93. The second-order valence-electron chi connectivity index (χ2n) is 4.17. The van der Waals surface area contributed by atoms with Gasteiger partial charge in [-0.2, -0.15) is 0 Å². The maximum atomic E-state index is 11.2. The monoisotopic (exact) mass is 289 g/mol. The van der Waals surface area contributed by atoms with E-state index in [2.05, 4.69) is 10.4 Å². The zero-order valence-electron chi connectivity index (χ0n) is 11.6. The molecule has 8 heteroatoms. The van der Waals surface area contributed by atoms with Crippen LogP contribution in [0, 0.1) is 10.1 Å². The fraction of sp³-hybridized carbons (Fsp3) is 0.154. The van der Waals surface area contributed by atoms with E-state index in [1.165, 1.54) is 19.2 Å². The first kappa shape index (κ1) is 14.5. The van der Waals surface area contributed by atoms with E-state index in [9.17, 15) is 10.1 Å². The topological polar surface area (TPSA) is 107 Å². The molecule has 3 N–H and O–H groups in total. The Morgan fingerprint density at radius 1 is 1.33 bits per heavy atom. The van der Waals surface area contributed by atoms with Crippen molar-refractivity contribution in [2.75, 3.05) is 24.5 Å². The van der Waals surface area contributed by atoms with Gasteiger partial charge in [0.2, 0.25) is 5.82 Å². The average molecular weight is 289 g/mol. The number of aromatic nitrogens is 1. The minimum absolute atomic E-state index is 0.123. The number of benzene rings is 1. The van der Waals surface area contributed by atoms with Gasteiger partial charge in [0.25, 0.3) is 0 Å². The van der Waals surface area contributed by atoms with Gasteiger partial charge < -0.3 is 15.1 Å². The lowest BCUT2D eigenvalue weighted by atomic mass is 10.2. The van der Waals surface area contributed by atoms with Crippen LogP contribution in [0.4, 0.5) is 23.0 Å². The van der Waals surface area contributed by atoms with Crippen molar-refractivity contribution in [3.05, 3.63) is 46.5 Å². The molecule has 0 aliphatic carbocycles. The average Bonchev–Trinajstić information content (AvgIpc) is 2.53. The maximum Gasteiger partial charge on any atom is 0.312 e. The quantitative estimate of drug-likeness (QED) is 0.493. The summed E-state index contributed by atoms with van der Waals surface area (Å²) in [6, 6.07) is 9.97. The molecule has 8 nitrogen and oxygen atoms in total. The van der Waals surface area contributed by atoms with Crippen molar-refractivity contribution in [1.29, 1.82) is 0 Å². The zero-order valence-corrected chi connectivity index (χ0v) is 11.6. The Morgan fingerprint density at radius 2 is 2.05 bits per heavy atom. The summed E-state index contributed by atoms with van der Waals surface area (Å²) in [7, 11) is 3.21. The number of nitrogens with one attached hydrogen (secondary N) is 1. The van der Waals surface area contributed by atoms with Gasteiger partial charge in [-0.1, -0.05) is 12.1 Å². The largest absolute Gasteiger partial charge is 0.495 e. The molecule has 0 amide bonds. The van der Waals surface area contributed by atoms with Crippen molar-refractivity contribution in [1.82, 2.24) is 4.98 Å². The van der Waals surface area contributed by atoms with Gasteiger partial charge in [-0.25, -0.2) is 10.8 Å². The Morgan fingerprint density at radius 3 is 2.67 bits per heavy atom. The molecule has 0 saturated heterocycles. The highest BCUT2D eigenvalue weighted by Crippen LogP contribution is 2.36. The number of ether oxygens (including phenoxy) is 1. The van der Waals surface area contributed by atoms with E-state index in [1.807, 2.05) is 12.1 Å². The molecule has 0 unspecified atom stereocenters. The van der Waals surface area contributed by atoms with E-state index >= 15 is 0 Å². The fourth-order valence-corrected chi connectivity index (χ4v) is 1.93. The molecule has 1 aromatic carbocycles. The summed E-state index contributed by atoms with van der Waals surface area (Å²) in [5.41, 5.74) is 2.91. The Balaban J connectivity index is 2.56. The van der Waals surface area contributed by atoms with Gasteiger partial charge in [0.1, 0.15) is 11.6 Å². The van der Waals surface area contributed by atoms with Crippen LogP contribution in [-0.2, 0) is 0 Å². The first-order valence-electron chi connectivity index (χ1n) is 6.07. The van der Waals surface area contributed by atoms with Crippen LogP contribution in [0.15, 0.2) is 36.4 Å². The van der Waals surface area contributed by atoms with Crippen molar-refractivity contribution in [3.63, 3.8) is 0 Å². The van der Waals surface area contributed by atoms with Gasteiger partial charge in [-0.3, -0.25) is 10.1 Å². The lowest BCUT2D eigenvalue weighted by molar-refractivity contribution is -0.384. The van der Waals surface area contributed by atoms with E-state index in [0.29, 0.717) is 17.3 Å². The summed E-state index contributed by atoms with van der Waals surface area (Å²) in [6.07, 6.45) is 0. The summed E-state index contributed by atoms with van der Waals surface area (Å²) >= 11 is 0. The minimum Gasteiger partial charge on any atom is -0.495 e. The molecule has 0 fully saturated rings. The maximum absolute atomic E-state index is 11.2. The molecule has 0 spiro atoms. The molecule has 110 valence electrons. The van der Waals surface area contributed by atoms with Gasteiger partial charge in [-0.05, 0) is 18.2 Å². The third kappa shape index (κ3) is 2.84. The van der Waals surface area contributed by atoms with Crippen molar-refractivity contribution in [2.45, 2.75) is 0 Å². The number of nitrogen functional groups attached to an aromatic ring is 1. The van der Waals surface area contributed by atoms with E-state index in [-0.39, 0.29) is 11.5 Å². The number of rotatable bonds is 5. The van der Waals surface area contributed by atoms with E-state index in [1.54, 1.807) is 24.1 Å². The molecular weight excluding hydrogens is 274 g/mol. The van der Waals surface area contributed by atoms with Gasteiger partial charge in [0, 0.05) is 13.1 Å². The standard InChI is InChI=1S/C13H15N5O3/c1-17(9-5-3-4-6-11(9)21-2)13-10(18(19)20)7-8-12(15-13)16-14/h3-8H,14H2,1-2H3,(H,15,16). The molecule has 0 saturated carbocycles. The van der Waals surface area contributed by atoms with E-state index < -0.39 is 4.92 Å². The molecule has 0 bridgehead atoms. The van der Waals surface area contributed by atoms with Crippen molar-refractivity contribution in [2.24, 2.45) is 5.84 Å². The number of nitrogens with zero attached hydrogens (tertiary/aromatic N) is 3. The number of pyridine rings is 1. The first-order valence-corrected chi connectivity index (χ1v) is 6.07. The Hall–Kier alpha value is -2.87. The van der Waals surface area contributed by atoms with Crippen molar-refractivity contribution in [3.8, 4) is 5.75 Å². The molecule has 0 aliphatic heterocycles. The minimum atomic E-state index is -0.492. The third-order valence-electron chi connectivity index (χ3n) is 2.96. The predicted octanol–water partition coefficient (Wildman–Crippen LogP) is 2.05. The molecule has 2 aromatic rings. The highest BCUT2D eigenvalue weighted by atomic mass is 16.6. The van der Waals surface area contributed by atoms with Crippen LogP contribution >= 0.6 is 0 Å². The molecule has 0 aliphatic rings. The summed E-state index contributed by atoms with van der Waals surface area (Å²) in [5.74, 6) is 6.40. The molecule has 1 aromatic heterocycles. The second kappa shape index (κ2) is 6.06. The summed E-state index contributed by atoms with van der Waals surface area (Å²) < 4.78 is 5.27. The Bertz CT molecular complexity index is 662. The summed E-state index contributed by atoms with van der Waals surface area (Å²) in [5, 5.41) is 11.2. The van der Waals surface area contributed by atoms with Gasteiger partial charge in [0.05, 0.1) is 17.7 Å². The van der Waals surface area contributed by atoms with Crippen LogP contribution in [-0.4, -0.2) is 24.1 Å². The SMILES string of the molecule is COc1ccccc1N(C)c1nc(NN)ccc1[N+](=O)[O-]. The summed E-state index contributed by atoms with van der Waals surface area (Å²) in [6.45, 7) is 0. The molecule has 0 atom stereocenters. The number of hydrogen-bond acceptors (Lipinski definition) is 7. The van der Waals surface area contributed by atoms with E-state index in [0.717, 1.165) is 0 Å². The van der Waals surface area contributed by atoms with Gasteiger partial charge in [0.15, 0.2) is 0 Å². The van der Waals surface area contributed by atoms with Crippen LogP contribution in [0.2, 0.25) is 0 Å². The zero-order chi connectivity index (χ0) is 15.4. The molecule has 0 radical (unpaired) electrons. The lowest BCUT2D eigenvalue weighted by Crippen LogP contribution is -2.16. The number of nitro groups is 1. The van der Waals surface area contributed by atoms with Gasteiger partial charge in [-0.15, -0.1) is 0 Å². The molecule has 2 rings (SSSR count). The number of nitrogens with two attached hydrogens (primary N) is 1. The molecule has 1 heterocycles. The van der Waals surface area contributed by atoms with Crippen LogP contribution < -0.4 is 20.9 Å². The number of hydrogen-bond donors (Lipinski definition) is 2. The Labute approximate surface area is 121 Å². The van der Waals surface area contributed by atoms with Gasteiger partial charge >= 0.3 is 5.69 Å². The van der Waals surface area contributed by atoms with Crippen LogP contribution in [0.1, 0.15) is 0 Å². The van der Waals surface area contributed by atoms with Crippen molar-refractivity contribution >= 4 is 23.0 Å². The molecular formula is C13H15N5O3. The number of para-hydroxylation sites is 2. The van der Waals surface area contributed by atoms with Crippen LogP contribution in [0.25, 0.3) is 0 Å². The number of hydrazine groups is 1. The van der Waals surface area contributed by atoms with Crippen molar-refractivity contribution < 1.29 is 9.66 Å². The lowest BCUT2D eigenvalue weighted by Gasteiger charge is -2.20. The second-order valence-corrected chi connectivity index (χ2v) is 4.17. The number of methoxy groups -OCH3 is 1. The number of anilines is 3. The highest BCUT2D eigenvalue weighted by molar-refractivity contribution is 5.73. The normalized spacial score (nSPS) is 10.0. The van der Waals surface area contributed by atoms with Crippen LogP contribution in [0.3, 0.4) is 0 Å². The highest BCUT2D eigenvalue weighted by Gasteiger charge is 2.22. The third-order valence-corrected chi connectivity index (χ3v) is 2.96. The van der Waals surface area contributed by atoms with Crippen LogP contribution in [0.5, 0.6) is 5.75 Å². The molecule has 21 heavy (non-hydrogen) atoms. The summed E-state index contributed by atoms with van der Waals surface area (Å²) in [4.78, 5) is 16.4. The first-order chi connectivity index (χ1) is 10.1. The smallest absolute Gasteiger partial charge is 0.312 e. The Kier molecular flexibility index (Phi) is 4.19.